The zero-order chi connectivity index (χ0) is 21.0. The summed E-state index contributed by atoms with van der Waals surface area (Å²) in [5.74, 6) is -0.910. The SMILES string of the molecule is CCN(CC)C(=O)c1ccc(NC(=O)CCN2C(=O)[C@H]3CCCC[C@@H]3C2=O)cc1. The molecule has 0 unspecified atom stereocenters. The Labute approximate surface area is 171 Å². The number of carbonyl (C=O) groups is 4. The fraction of sp³-hybridized carbons (Fsp3) is 0.545. The van der Waals surface area contributed by atoms with E-state index in [2.05, 4.69) is 5.32 Å². The number of fused-ring (bicyclic) bond motifs is 1. The van der Waals surface area contributed by atoms with Crippen LogP contribution >= 0.6 is 0 Å². The van der Waals surface area contributed by atoms with Crippen molar-refractivity contribution in [1.29, 1.82) is 0 Å². The van der Waals surface area contributed by atoms with E-state index >= 15 is 0 Å². The van der Waals surface area contributed by atoms with Crippen LogP contribution in [-0.2, 0) is 14.4 Å². The first-order valence-corrected chi connectivity index (χ1v) is 10.5. The van der Waals surface area contributed by atoms with Crippen LogP contribution < -0.4 is 5.32 Å². The molecule has 0 radical (unpaired) electrons. The molecule has 2 aliphatic rings. The smallest absolute Gasteiger partial charge is 0.253 e. The fourth-order valence-corrected chi connectivity index (χ4v) is 4.28. The molecule has 4 amide bonds. The molecular formula is C22H29N3O4. The van der Waals surface area contributed by atoms with E-state index in [1.807, 2.05) is 13.8 Å². The Kier molecular flexibility index (Phi) is 6.67. The molecule has 1 saturated carbocycles. The third kappa shape index (κ3) is 4.49. The van der Waals surface area contributed by atoms with Crippen molar-refractivity contribution in [3.8, 4) is 0 Å². The lowest BCUT2D eigenvalue weighted by Crippen LogP contribution is -2.34. The van der Waals surface area contributed by atoms with Crippen LogP contribution in [0.25, 0.3) is 0 Å². The van der Waals surface area contributed by atoms with Crippen LogP contribution in [0.3, 0.4) is 0 Å². The Morgan fingerprint density at radius 3 is 2.07 bits per heavy atom. The van der Waals surface area contributed by atoms with Crippen molar-refractivity contribution >= 4 is 29.3 Å². The summed E-state index contributed by atoms with van der Waals surface area (Å²) in [5, 5.41) is 2.77. The van der Waals surface area contributed by atoms with Gasteiger partial charge in [0.25, 0.3) is 5.91 Å². The molecule has 7 heteroatoms. The maximum absolute atomic E-state index is 12.5. The van der Waals surface area contributed by atoms with E-state index < -0.39 is 0 Å². The molecule has 1 aliphatic carbocycles. The number of anilines is 1. The molecule has 0 aromatic heterocycles. The number of carbonyl (C=O) groups excluding carboxylic acids is 4. The van der Waals surface area contributed by atoms with E-state index in [9.17, 15) is 19.2 Å². The van der Waals surface area contributed by atoms with Crippen molar-refractivity contribution in [3.63, 3.8) is 0 Å². The second-order valence-corrected chi connectivity index (χ2v) is 7.68. The molecule has 1 aromatic rings. The predicted octanol–water partition coefficient (Wildman–Crippen LogP) is 2.67. The number of rotatable bonds is 7. The van der Waals surface area contributed by atoms with Gasteiger partial charge in [0.1, 0.15) is 0 Å². The van der Waals surface area contributed by atoms with Crippen LogP contribution in [-0.4, -0.2) is 53.1 Å². The number of hydrogen-bond donors (Lipinski definition) is 1. The lowest BCUT2D eigenvalue weighted by molar-refractivity contribution is -0.140. The van der Waals surface area contributed by atoms with Crippen molar-refractivity contribution in [3.05, 3.63) is 29.8 Å². The van der Waals surface area contributed by atoms with Crippen LogP contribution in [0.2, 0.25) is 0 Å². The second kappa shape index (κ2) is 9.20. The Bertz CT molecular complexity index is 762. The number of amides is 4. The van der Waals surface area contributed by atoms with E-state index in [0.717, 1.165) is 25.7 Å². The topological polar surface area (TPSA) is 86.8 Å². The highest BCUT2D eigenvalue weighted by Crippen LogP contribution is 2.37. The minimum absolute atomic E-state index is 0.0413. The van der Waals surface area contributed by atoms with Gasteiger partial charge in [-0.2, -0.15) is 0 Å². The summed E-state index contributed by atoms with van der Waals surface area (Å²) in [5.41, 5.74) is 1.15. The highest BCUT2D eigenvalue weighted by atomic mass is 16.2. The molecule has 1 heterocycles. The molecule has 1 aliphatic heterocycles. The van der Waals surface area contributed by atoms with Gasteiger partial charge in [0.05, 0.1) is 11.8 Å². The normalized spacial score (nSPS) is 21.1. The first kappa shape index (κ1) is 21.0. The average molecular weight is 399 g/mol. The number of nitrogens with one attached hydrogen (secondary N) is 1. The summed E-state index contributed by atoms with van der Waals surface area (Å²) in [4.78, 5) is 52.5. The van der Waals surface area contributed by atoms with Gasteiger partial charge in [-0.15, -0.1) is 0 Å². The summed E-state index contributed by atoms with van der Waals surface area (Å²) in [6.07, 6.45) is 3.59. The molecule has 7 nitrogen and oxygen atoms in total. The molecule has 1 aromatic carbocycles. The Hall–Kier alpha value is -2.70. The minimum Gasteiger partial charge on any atom is -0.339 e. The van der Waals surface area contributed by atoms with Gasteiger partial charge in [-0.1, -0.05) is 12.8 Å². The predicted molar refractivity (Wildman–Crippen MR) is 109 cm³/mol. The van der Waals surface area contributed by atoms with E-state index in [0.29, 0.717) is 24.3 Å². The Morgan fingerprint density at radius 1 is 1.00 bits per heavy atom. The van der Waals surface area contributed by atoms with Gasteiger partial charge in [0, 0.05) is 37.3 Å². The van der Waals surface area contributed by atoms with E-state index in [1.54, 1.807) is 29.2 Å². The summed E-state index contributed by atoms with van der Waals surface area (Å²) >= 11 is 0. The maximum Gasteiger partial charge on any atom is 0.253 e. The Balaban J connectivity index is 1.53. The highest BCUT2D eigenvalue weighted by Gasteiger charge is 2.47. The summed E-state index contributed by atoms with van der Waals surface area (Å²) in [6, 6.07) is 6.76. The van der Waals surface area contributed by atoms with Crippen molar-refractivity contribution < 1.29 is 19.2 Å². The van der Waals surface area contributed by atoms with Gasteiger partial charge in [0.15, 0.2) is 0 Å². The van der Waals surface area contributed by atoms with Gasteiger partial charge in [-0.25, -0.2) is 0 Å². The van der Waals surface area contributed by atoms with Gasteiger partial charge in [0.2, 0.25) is 17.7 Å². The zero-order valence-electron chi connectivity index (χ0n) is 17.1. The van der Waals surface area contributed by atoms with Gasteiger partial charge in [-0.3, -0.25) is 24.1 Å². The maximum atomic E-state index is 12.5. The third-order valence-corrected chi connectivity index (χ3v) is 5.96. The standard InChI is InChI=1S/C22H29N3O4/c1-3-24(4-2)20(27)15-9-11-16(12-10-15)23-19(26)13-14-25-21(28)17-7-5-6-8-18(17)22(25)29/h9-12,17-18H,3-8,13-14H2,1-2H3,(H,23,26)/t17-,18-/m0/s1. The second-order valence-electron chi connectivity index (χ2n) is 7.68. The van der Waals surface area contributed by atoms with Crippen LogP contribution in [0, 0.1) is 11.8 Å². The first-order valence-electron chi connectivity index (χ1n) is 10.5. The van der Waals surface area contributed by atoms with E-state index in [4.69, 9.17) is 0 Å². The van der Waals surface area contributed by atoms with Crippen LogP contribution in [0.1, 0.15) is 56.3 Å². The minimum atomic E-state index is -0.261. The molecule has 29 heavy (non-hydrogen) atoms. The molecule has 1 saturated heterocycles. The number of imide groups is 1. The first-order chi connectivity index (χ1) is 14.0. The number of likely N-dealkylation sites (tertiary alicyclic amines) is 1. The summed E-state index contributed by atoms with van der Waals surface area (Å²) in [7, 11) is 0. The lowest BCUT2D eigenvalue weighted by Gasteiger charge is -2.19. The largest absolute Gasteiger partial charge is 0.339 e. The van der Waals surface area contributed by atoms with E-state index in [-0.39, 0.29) is 48.4 Å². The average Bonchev–Trinajstić information content (AvgIpc) is 2.98. The highest BCUT2D eigenvalue weighted by molar-refractivity contribution is 6.05. The number of benzene rings is 1. The molecule has 156 valence electrons. The molecule has 0 spiro atoms. The van der Waals surface area contributed by atoms with Crippen molar-refractivity contribution in [1.82, 2.24) is 9.80 Å². The molecular weight excluding hydrogens is 370 g/mol. The number of hydrogen-bond acceptors (Lipinski definition) is 4. The monoisotopic (exact) mass is 399 g/mol. The Morgan fingerprint density at radius 2 is 1.55 bits per heavy atom. The molecule has 1 N–H and O–H groups in total. The van der Waals surface area contributed by atoms with E-state index in [1.165, 1.54) is 4.90 Å². The van der Waals surface area contributed by atoms with Gasteiger partial charge >= 0.3 is 0 Å². The quantitative estimate of drug-likeness (QED) is 0.714. The van der Waals surface area contributed by atoms with Crippen LogP contribution in [0.15, 0.2) is 24.3 Å². The van der Waals surface area contributed by atoms with Crippen LogP contribution in [0.4, 0.5) is 5.69 Å². The van der Waals surface area contributed by atoms with Crippen LogP contribution in [0.5, 0.6) is 0 Å². The third-order valence-electron chi connectivity index (χ3n) is 5.96. The molecule has 3 rings (SSSR count). The van der Waals surface area contributed by atoms with Crippen molar-refractivity contribution in [2.45, 2.75) is 46.0 Å². The summed E-state index contributed by atoms with van der Waals surface area (Å²) in [6.45, 7) is 5.27. The van der Waals surface area contributed by atoms with Crippen molar-refractivity contribution in [2.24, 2.45) is 11.8 Å². The molecule has 2 fully saturated rings. The summed E-state index contributed by atoms with van der Waals surface area (Å²) < 4.78 is 0. The molecule has 2 atom stereocenters. The zero-order valence-corrected chi connectivity index (χ0v) is 17.1. The van der Waals surface area contributed by atoms with Gasteiger partial charge in [-0.05, 0) is 51.0 Å². The lowest BCUT2D eigenvalue weighted by atomic mass is 9.81. The van der Waals surface area contributed by atoms with Crippen molar-refractivity contribution in [2.75, 3.05) is 25.0 Å². The van der Waals surface area contributed by atoms with Gasteiger partial charge < -0.3 is 10.2 Å². The molecule has 0 bridgehead atoms. The fourth-order valence-electron chi connectivity index (χ4n) is 4.28. The number of nitrogens with zero attached hydrogens (tertiary/aromatic N) is 2.